The summed E-state index contributed by atoms with van der Waals surface area (Å²) in [5, 5.41) is 0. The van der Waals surface area contributed by atoms with Crippen molar-refractivity contribution < 1.29 is 7.72 Å². The van der Waals surface area contributed by atoms with E-state index in [2.05, 4.69) is 27.7 Å². The number of rotatable bonds is 26. The Morgan fingerprint density at radius 1 is 0.366 bits per heavy atom. The molecule has 0 aromatic heterocycles. The van der Waals surface area contributed by atoms with Gasteiger partial charge < -0.3 is 0 Å². The molecule has 10 fully saturated rings. The van der Waals surface area contributed by atoms with E-state index in [1.54, 1.807) is 138 Å². The van der Waals surface area contributed by atoms with E-state index in [1.165, 1.54) is 58.9 Å². The predicted octanol–water partition coefficient (Wildman–Crippen LogP) is 14.0. The van der Waals surface area contributed by atoms with Crippen LogP contribution in [0.25, 0.3) is 0 Å². The van der Waals surface area contributed by atoms with Crippen LogP contribution in [0.2, 0.25) is 36.1 Å². The first-order valence-electron chi connectivity index (χ1n) is 19.7. The Bertz CT molecular complexity index is 1250. The van der Waals surface area contributed by atoms with Crippen molar-refractivity contribution in [3.05, 3.63) is 0 Å². The Hall–Kier alpha value is 1.48. The van der Waals surface area contributed by atoms with E-state index in [0.29, 0.717) is 15.8 Å². The molecule has 10 rings (SSSR count). The third-order valence-corrected chi connectivity index (χ3v) is 109. The van der Waals surface area contributed by atoms with Crippen LogP contribution in [-0.2, 0) is 7.72 Å². The molecule has 0 N–H and O–H groups in total. The SMILES string of the molecule is CCCCCCCP(CCCCCCC)[C]12[CH]3[CH]4[CH]5[C]1(P(CCCCCCC)CCCCCCC)[Ru]43521678[CH]2[CH]1[CH]6[CH]7[CH]28. The summed E-state index contributed by atoms with van der Waals surface area (Å²) in [6.07, 6.45) is 37.9. The summed E-state index contributed by atoms with van der Waals surface area (Å²) in [7, 11) is -2.91. The molecule has 10 heterocycles. The number of hydrogen-bond donors (Lipinski definition) is 0. The zero-order chi connectivity index (χ0) is 28.1. The summed E-state index contributed by atoms with van der Waals surface area (Å²) in [5.74, 6) is 0. The second-order valence-corrected chi connectivity index (χ2v) is 62.5. The van der Waals surface area contributed by atoms with E-state index in [-0.39, 0.29) is 0 Å². The molecule has 0 aromatic rings. The number of unbranched alkanes of at least 4 members (excludes halogenated alkanes) is 16. The van der Waals surface area contributed by atoms with Crippen LogP contribution in [0.5, 0.6) is 0 Å². The predicted molar refractivity (Wildman–Crippen MR) is 184 cm³/mol. The van der Waals surface area contributed by atoms with E-state index in [9.17, 15) is 0 Å². The van der Waals surface area contributed by atoms with E-state index < -0.39 is 7.72 Å². The second kappa shape index (κ2) is 5.37. The van der Waals surface area contributed by atoms with Gasteiger partial charge in [0.1, 0.15) is 0 Å². The van der Waals surface area contributed by atoms with Crippen molar-refractivity contribution in [2.45, 2.75) is 200 Å². The minimum absolute atomic E-state index is 0.375. The van der Waals surface area contributed by atoms with Gasteiger partial charge in [0.25, 0.3) is 0 Å². The third-order valence-electron chi connectivity index (χ3n) is 21.7. The van der Waals surface area contributed by atoms with Crippen LogP contribution >= 0.6 is 15.8 Å². The van der Waals surface area contributed by atoms with Gasteiger partial charge in [-0.25, -0.2) is 0 Å². The normalized spacial score (nSPS) is 58.6. The summed E-state index contributed by atoms with van der Waals surface area (Å²) in [6, 6.07) is 0. The second-order valence-electron chi connectivity index (χ2n) is 19.3. The van der Waals surface area contributed by atoms with Gasteiger partial charge >= 0.3 is 248 Å². The van der Waals surface area contributed by atoms with E-state index in [4.69, 9.17) is 0 Å². The van der Waals surface area contributed by atoms with Crippen LogP contribution in [0.15, 0.2) is 0 Å². The number of hydrogen-bond acceptors (Lipinski definition) is 0. The summed E-state index contributed by atoms with van der Waals surface area (Å²) >= 11 is 0. The molecule has 0 radical (unpaired) electrons. The first-order valence-corrected chi connectivity index (χ1v) is 32.9. The average Bonchev–Trinajstić information content (AvgIpc) is 3.93. The molecule has 0 amide bonds. The van der Waals surface area contributed by atoms with Crippen molar-refractivity contribution in [3.8, 4) is 0 Å². The topological polar surface area (TPSA) is 0 Å². The van der Waals surface area contributed by atoms with E-state index in [0.717, 1.165) is 0 Å². The zero-order valence-corrected chi connectivity index (χ0v) is 31.4. The molecule has 10 aliphatic rings. The summed E-state index contributed by atoms with van der Waals surface area (Å²) in [5.41, 5.74) is 0. The van der Waals surface area contributed by atoms with Gasteiger partial charge in [0.15, 0.2) is 0 Å². The van der Waals surface area contributed by atoms with E-state index in [1.807, 2.05) is 0 Å². The Balaban J connectivity index is 0.966. The van der Waals surface area contributed by atoms with Gasteiger partial charge in [-0.15, -0.1) is 0 Å². The number of fused-ring (bicyclic) bond motifs is 10. The van der Waals surface area contributed by atoms with Crippen molar-refractivity contribution in [2.75, 3.05) is 24.6 Å². The van der Waals surface area contributed by atoms with Crippen LogP contribution in [0.4, 0.5) is 0 Å². The standard InChI is InChI=1S/C33H63P2.C5H5.Ru/c1-5-9-13-17-21-28-34(29-22-18-14-10-6-2)32-26-25-27-33(32)35(30-23-19-15-11-7-3)31-24-20-16-12-8-4;1-2-4-5-3-1;/h25-27H,5-24,28-31H2,1-4H3;1-5H;. The molecule has 4 unspecified atom stereocenters. The first kappa shape index (κ1) is 27.6. The monoisotopic (exact) mass is 688 g/mol. The molecule has 10 aliphatic heterocycles. The van der Waals surface area contributed by atoms with Crippen LogP contribution in [0.3, 0.4) is 0 Å². The fourth-order valence-corrected chi connectivity index (χ4v) is 204. The zero-order valence-electron chi connectivity index (χ0n) is 27.8. The van der Waals surface area contributed by atoms with Gasteiger partial charge in [-0.1, -0.05) is 0 Å². The fourth-order valence-electron chi connectivity index (χ4n) is 22.6. The molecule has 0 bridgehead atoms. The van der Waals surface area contributed by atoms with Gasteiger partial charge in [-0.2, -0.15) is 0 Å². The average molecular weight is 688 g/mol. The van der Waals surface area contributed by atoms with Crippen molar-refractivity contribution in [2.24, 2.45) is 0 Å². The van der Waals surface area contributed by atoms with Crippen molar-refractivity contribution in [1.82, 2.24) is 0 Å². The molecule has 0 saturated carbocycles. The van der Waals surface area contributed by atoms with Gasteiger partial charge in [-0.3, -0.25) is 0 Å². The molecule has 238 valence electrons. The van der Waals surface area contributed by atoms with E-state index >= 15 is 0 Å². The van der Waals surface area contributed by atoms with Crippen LogP contribution in [0.1, 0.15) is 156 Å². The maximum absolute atomic E-state index is 3.66. The van der Waals surface area contributed by atoms with Crippen LogP contribution in [-0.4, -0.2) is 32.1 Å². The van der Waals surface area contributed by atoms with Gasteiger partial charge in [0.05, 0.1) is 0 Å². The third kappa shape index (κ3) is 0.897. The van der Waals surface area contributed by atoms with Gasteiger partial charge in [0, 0.05) is 0 Å². The maximum atomic E-state index is 2.41. The quantitative estimate of drug-likeness (QED) is 0.0482. The van der Waals surface area contributed by atoms with Crippen LogP contribution in [0, 0.1) is 0 Å². The van der Waals surface area contributed by atoms with Gasteiger partial charge in [-0.05, 0) is 0 Å². The Kier molecular flexibility index (Phi) is 3.61. The Morgan fingerprint density at radius 3 is 0.854 bits per heavy atom. The van der Waals surface area contributed by atoms with Gasteiger partial charge in [0.2, 0.25) is 0 Å². The van der Waals surface area contributed by atoms with Crippen molar-refractivity contribution in [1.29, 1.82) is 0 Å². The molecular formula is C38H68P2Ru. The molecule has 3 heteroatoms. The van der Waals surface area contributed by atoms with Crippen molar-refractivity contribution >= 4 is 15.8 Å². The fraction of sp³-hybridized carbons (Fsp3) is 1.00. The molecule has 0 nitrogen and oxygen atoms in total. The Labute approximate surface area is 246 Å². The van der Waals surface area contributed by atoms with Crippen molar-refractivity contribution in [3.63, 3.8) is 0 Å². The molecule has 0 aromatic carbocycles. The van der Waals surface area contributed by atoms with Crippen LogP contribution < -0.4 is 0 Å². The molecule has 10 saturated heterocycles. The molecule has 1 spiro atoms. The summed E-state index contributed by atoms with van der Waals surface area (Å²) < 4.78 is 14.9. The molecule has 41 heavy (non-hydrogen) atoms. The molecule has 0 aliphatic carbocycles. The molecular weight excluding hydrogens is 619 g/mol. The minimum atomic E-state index is -3.66. The molecule has 4 atom stereocenters. The summed E-state index contributed by atoms with van der Waals surface area (Å²) in [4.78, 5) is 0. The first-order chi connectivity index (χ1) is 20.0. The Morgan fingerprint density at radius 2 is 0.634 bits per heavy atom. The summed E-state index contributed by atoms with van der Waals surface area (Å²) in [6.45, 7) is 9.65.